The average molecular weight is 303 g/mol. The highest BCUT2D eigenvalue weighted by molar-refractivity contribution is 5.79. The van der Waals surface area contributed by atoms with Gasteiger partial charge in [-0.3, -0.25) is 4.99 Å². The molecule has 0 amide bonds. The lowest BCUT2D eigenvalue weighted by Gasteiger charge is -2.13. The van der Waals surface area contributed by atoms with Crippen molar-refractivity contribution < 1.29 is 4.74 Å². The number of hydrogen-bond donors (Lipinski definition) is 2. The minimum atomic E-state index is 0.807. The van der Waals surface area contributed by atoms with Gasteiger partial charge in [0.2, 0.25) is 0 Å². The number of ether oxygens (including phenoxy) is 1. The topological polar surface area (TPSA) is 45.7 Å². The zero-order valence-corrected chi connectivity index (χ0v) is 13.9. The Hall–Kier alpha value is -1.55. The molecule has 0 radical (unpaired) electrons. The third kappa shape index (κ3) is 6.06. The van der Waals surface area contributed by atoms with Crippen LogP contribution in [-0.4, -0.2) is 32.8 Å². The van der Waals surface area contributed by atoms with E-state index in [0.29, 0.717) is 0 Å². The van der Waals surface area contributed by atoms with Gasteiger partial charge in [-0.2, -0.15) is 0 Å². The molecule has 1 aromatic carbocycles. The van der Waals surface area contributed by atoms with Crippen molar-refractivity contribution in [3.8, 4) is 0 Å². The van der Waals surface area contributed by atoms with Crippen molar-refractivity contribution in [2.75, 3.05) is 26.8 Å². The number of rotatable bonds is 9. The van der Waals surface area contributed by atoms with Gasteiger partial charge in [0, 0.05) is 33.4 Å². The summed E-state index contributed by atoms with van der Waals surface area (Å²) in [7, 11) is 1.81. The molecule has 2 N–H and O–H groups in total. The molecule has 4 nitrogen and oxygen atoms in total. The summed E-state index contributed by atoms with van der Waals surface area (Å²) in [6, 6.07) is 8.54. The van der Waals surface area contributed by atoms with E-state index in [0.717, 1.165) is 51.0 Å². The first-order chi connectivity index (χ1) is 10.8. The molecule has 122 valence electrons. The van der Waals surface area contributed by atoms with Crippen LogP contribution in [0.3, 0.4) is 0 Å². The van der Waals surface area contributed by atoms with Gasteiger partial charge in [0.15, 0.2) is 5.96 Å². The van der Waals surface area contributed by atoms with Crippen LogP contribution in [0.15, 0.2) is 29.3 Å². The maximum absolute atomic E-state index is 5.63. The third-order valence-corrected chi connectivity index (χ3v) is 3.98. The van der Waals surface area contributed by atoms with Crippen LogP contribution in [-0.2, 0) is 17.7 Å². The summed E-state index contributed by atoms with van der Waals surface area (Å²) in [5, 5.41) is 6.72. The molecular formula is C18H29N3O. The molecule has 4 heteroatoms. The van der Waals surface area contributed by atoms with E-state index < -0.39 is 0 Å². The average Bonchev–Trinajstić information content (AvgIpc) is 3.38. The molecule has 1 aromatic rings. The largest absolute Gasteiger partial charge is 0.381 e. The number of nitrogens with zero attached hydrogens (tertiary/aromatic N) is 1. The van der Waals surface area contributed by atoms with E-state index in [1.807, 2.05) is 7.05 Å². The Morgan fingerprint density at radius 3 is 2.68 bits per heavy atom. The van der Waals surface area contributed by atoms with E-state index in [-0.39, 0.29) is 0 Å². The monoisotopic (exact) mass is 303 g/mol. The molecular weight excluding hydrogens is 274 g/mol. The Bertz CT molecular complexity index is 469. The first kappa shape index (κ1) is 16.8. The van der Waals surface area contributed by atoms with Gasteiger partial charge < -0.3 is 15.4 Å². The predicted molar refractivity (Wildman–Crippen MR) is 92.2 cm³/mol. The second-order valence-corrected chi connectivity index (χ2v) is 5.85. The first-order valence-corrected chi connectivity index (χ1v) is 8.42. The molecule has 1 aliphatic carbocycles. The van der Waals surface area contributed by atoms with Crippen LogP contribution >= 0.6 is 0 Å². The molecule has 0 spiro atoms. The van der Waals surface area contributed by atoms with Gasteiger partial charge >= 0.3 is 0 Å². The van der Waals surface area contributed by atoms with Gasteiger partial charge in [-0.25, -0.2) is 0 Å². The van der Waals surface area contributed by atoms with Crippen LogP contribution in [0, 0.1) is 5.92 Å². The summed E-state index contributed by atoms with van der Waals surface area (Å²) in [6.07, 6.45) is 4.78. The Balaban J connectivity index is 1.61. The van der Waals surface area contributed by atoms with E-state index in [1.54, 1.807) is 0 Å². The lowest BCUT2D eigenvalue weighted by molar-refractivity contribution is 0.123. The van der Waals surface area contributed by atoms with E-state index in [2.05, 4.69) is 46.8 Å². The van der Waals surface area contributed by atoms with Gasteiger partial charge in [-0.1, -0.05) is 31.2 Å². The number of nitrogens with one attached hydrogen (secondary N) is 2. The quantitative estimate of drug-likeness (QED) is 0.419. The molecule has 2 rings (SSSR count). The highest BCUT2D eigenvalue weighted by Gasteiger charge is 2.20. The fourth-order valence-electron chi connectivity index (χ4n) is 2.39. The SMILES string of the molecule is CCc1ccccc1CNC(=NC)NCCCOCC1CC1. The zero-order chi connectivity index (χ0) is 15.6. The number of guanidine groups is 1. The van der Waals surface area contributed by atoms with Gasteiger partial charge in [0.05, 0.1) is 0 Å². The minimum Gasteiger partial charge on any atom is -0.381 e. The van der Waals surface area contributed by atoms with Crippen LogP contribution < -0.4 is 10.6 Å². The fourth-order valence-corrected chi connectivity index (χ4v) is 2.39. The van der Waals surface area contributed by atoms with Gasteiger partial charge in [0.25, 0.3) is 0 Å². The van der Waals surface area contributed by atoms with Crippen molar-refractivity contribution in [3.05, 3.63) is 35.4 Å². The smallest absolute Gasteiger partial charge is 0.191 e. The van der Waals surface area contributed by atoms with Gasteiger partial charge in [0.1, 0.15) is 0 Å². The highest BCUT2D eigenvalue weighted by atomic mass is 16.5. The van der Waals surface area contributed by atoms with Crippen molar-refractivity contribution >= 4 is 5.96 Å². The molecule has 0 aliphatic heterocycles. The Labute approximate surface area is 134 Å². The van der Waals surface area contributed by atoms with E-state index >= 15 is 0 Å². The van der Waals surface area contributed by atoms with Crippen molar-refractivity contribution in [1.29, 1.82) is 0 Å². The minimum absolute atomic E-state index is 0.807. The summed E-state index contributed by atoms with van der Waals surface area (Å²) in [5.74, 6) is 1.70. The van der Waals surface area contributed by atoms with Crippen LogP contribution in [0.1, 0.15) is 37.3 Å². The number of hydrogen-bond acceptors (Lipinski definition) is 2. The molecule has 0 unspecified atom stereocenters. The Morgan fingerprint density at radius 1 is 1.23 bits per heavy atom. The molecule has 1 fully saturated rings. The first-order valence-electron chi connectivity index (χ1n) is 8.42. The molecule has 0 atom stereocenters. The van der Waals surface area contributed by atoms with Crippen molar-refractivity contribution in [1.82, 2.24) is 10.6 Å². The highest BCUT2D eigenvalue weighted by Crippen LogP contribution is 2.28. The summed E-state index contributed by atoms with van der Waals surface area (Å²) in [5.41, 5.74) is 2.72. The Morgan fingerprint density at radius 2 is 2.00 bits per heavy atom. The van der Waals surface area contributed by atoms with E-state index in [9.17, 15) is 0 Å². The molecule has 22 heavy (non-hydrogen) atoms. The molecule has 1 saturated carbocycles. The summed E-state index contributed by atoms with van der Waals surface area (Å²) in [4.78, 5) is 4.27. The number of aliphatic imine (C=N–C) groups is 1. The van der Waals surface area contributed by atoms with Crippen molar-refractivity contribution in [3.63, 3.8) is 0 Å². The van der Waals surface area contributed by atoms with E-state index in [1.165, 1.54) is 24.0 Å². The lowest BCUT2D eigenvalue weighted by Crippen LogP contribution is -2.37. The molecule has 1 aliphatic rings. The number of benzene rings is 1. The molecule has 0 saturated heterocycles. The zero-order valence-electron chi connectivity index (χ0n) is 13.9. The summed E-state index contributed by atoms with van der Waals surface area (Å²) < 4.78 is 5.63. The van der Waals surface area contributed by atoms with Crippen molar-refractivity contribution in [2.24, 2.45) is 10.9 Å². The van der Waals surface area contributed by atoms with Crippen molar-refractivity contribution in [2.45, 2.75) is 39.2 Å². The standard InChI is InChI=1S/C18H29N3O/c1-3-16-7-4-5-8-17(16)13-21-18(19-2)20-11-6-12-22-14-15-9-10-15/h4-5,7-8,15H,3,6,9-14H2,1-2H3,(H2,19,20,21). The molecule has 0 aromatic heterocycles. The maximum atomic E-state index is 5.63. The third-order valence-electron chi connectivity index (χ3n) is 3.98. The second-order valence-electron chi connectivity index (χ2n) is 5.85. The summed E-state index contributed by atoms with van der Waals surface area (Å²) >= 11 is 0. The van der Waals surface area contributed by atoms with Crippen LogP contribution in [0.5, 0.6) is 0 Å². The van der Waals surface area contributed by atoms with Crippen LogP contribution in [0.25, 0.3) is 0 Å². The fraction of sp³-hybridized carbons (Fsp3) is 0.611. The Kier molecular flexibility index (Phi) is 7.23. The summed E-state index contributed by atoms with van der Waals surface area (Å²) in [6.45, 7) is 5.66. The van der Waals surface area contributed by atoms with Gasteiger partial charge in [-0.05, 0) is 42.7 Å². The molecule has 0 bridgehead atoms. The van der Waals surface area contributed by atoms with Gasteiger partial charge in [-0.15, -0.1) is 0 Å². The van der Waals surface area contributed by atoms with Crippen LogP contribution in [0.2, 0.25) is 0 Å². The predicted octanol–water partition coefficient (Wildman–Crippen LogP) is 2.73. The maximum Gasteiger partial charge on any atom is 0.191 e. The van der Waals surface area contributed by atoms with E-state index in [4.69, 9.17) is 4.74 Å². The normalized spacial score (nSPS) is 14.9. The second kappa shape index (κ2) is 9.46. The van der Waals surface area contributed by atoms with Crippen LogP contribution in [0.4, 0.5) is 0 Å². The molecule has 0 heterocycles. The lowest BCUT2D eigenvalue weighted by atomic mass is 10.1. The number of aryl methyl sites for hydroxylation is 1.